The summed E-state index contributed by atoms with van der Waals surface area (Å²) in [5.74, 6) is -0.233. The summed E-state index contributed by atoms with van der Waals surface area (Å²) < 4.78 is 11.8. The van der Waals surface area contributed by atoms with Crippen LogP contribution in [0.25, 0.3) is 0 Å². The van der Waals surface area contributed by atoms with Crippen LogP contribution in [0, 0.1) is 0 Å². The second kappa shape index (κ2) is 5.70. The Balaban J connectivity index is 1.63. The zero-order chi connectivity index (χ0) is 12.4. The van der Waals surface area contributed by atoms with E-state index in [0.717, 1.165) is 31.3 Å². The molecule has 3 rings (SSSR count). The van der Waals surface area contributed by atoms with Crippen LogP contribution in [0.4, 0.5) is 0 Å². The second-order valence-corrected chi connectivity index (χ2v) is 7.37. The van der Waals surface area contributed by atoms with E-state index in [1.807, 2.05) is 0 Å². The highest BCUT2D eigenvalue weighted by Gasteiger charge is 2.45. The van der Waals surface area contributed by atoms with Crippen LogP contribution >= 0.6 is 11.8 Å². The zero-order valence-electron chi connectivity index (χ0n) is 11.3. The van der Waals surface area contributed by atoms with Crippen LogP contribution in [-0.4, -0.2) is 42.6 Å². The number of thioether (sulfide) groups is 1. The third-order valence-electron chi connectivity index (χ3n) is 4.65. The van der Waals surface area contributed by atoms with Gasteiger partial charge in [0.05, 0.1) is 13.2 Å². The SMILES string of the molecule is CNC1CCC2(CC1SC1CCCC1)OCCO2. The molecule has 1 aliphatic heterocycles. The summed E-state index contributed by atoms with van der Waals surface area (Å²) in [6, 6.07) is 0.633. The van der Waals surface area contributed by atoms with Crippen LogP contribution in [0.2, 0.25) is 0 Å². The number of rotatable bonds is 3. The highest BCUT2D eigenvalue weighted by atomic mass is 32.2. The summed E-state index contributed by atoms with van der Waals surface area (Å²) in [6.07, 6.45) is 8.97. The van der Waals surface area contributed by atoms with Gasteiger partial charge in [0, 0.05) is 29.4 Å². The maximum absolute atomic E-state index is 5.91. The van der Waals surface area contributed by atoms with Crippen molar-refractivity contribution in [3.63, 3.8) is 0 Å². The molecule has 4 heteroatoms. The third kappa shape index (κ3) is 2.72. The van der Waals surface area contributed by atoms with Crippen LogP contribution in [0.15, 0.2) is 0 Å². The van der Waals surface area contributed by atoms with E-state index in [4.69, 9.17) is 9.47 Å². The molecule has 104 valence electrons. The van der Waals surface area contributed by atoms with Crippen molar-refractivity contribution in [1.82, 2.24) is 5.32 Å². The summed E-state index contributed by atoms with van der Waals surface area (Å²) in [7, 11) is 2.10. The van der Waals surface area contributed by atoms with Crippen molar-refractivity contribution < 1.29 is 9.47 Å². The van der Waals surface area contributed by atoms with Crippen LogP contribution in [0.1, 0.15) is 44.9 Å². The number of nitrogens with one attached hydrogen (secondary N) is 1. The molecule has 3 aliphatic rings. The molecule has 2 atom stereocenters. The Hall–Kier alpha value is 0.230. The second-order valence-electron chi connectivity index (χ2n) is 5.83. The van der Waals surface area contributed by atoms with Gasteiger partial charge in [-0.1, -0.05) is 12.8 Å². The normalized spacial score (nSPS) is 36.5. The topological polar surface area (TPSA) is 30.5 Å². The first-order valence-electron chi connectivity index (χ1n) is 7.42. The van der Waals surface area contributed by atoms with Crippen molar-refractivity contribution in [2.75, 3.05) is 20.3 Å². The lowest BCUT2D eigenvalue weighted by Crippen LogP contribution is -2.49. The molecule has 2 saturated carbocycles. The number of hydrogen-bond donors (Lipinski definition) is 1. The minimum absolute atomic E-state index is 0.233. The highest BCUT2D eigenvalue weighted by molar-refractivity contribution is 8.00. The fourth-order valence-electron chi connectivity index (χ4n) is 3.62. The summed E-state index contributed by atoms with van der Waals surface area (Å²) in [5, 5.41) is 5.04. The lowest BCUT2D eigenvalue weighted by molar-refractivity contribution is -0.177. The Morgan fingerprint density at radius 1 is 1.11 bits per heavy atom. The van der Waals surface area contributed by atoms with Gasteiger partial charge in [-0.05, 0) is 26.3 Å². The molecule has 1 spiro atoms. The predicted molar refractivity (Wildman–Crippen MR) is 75.0 cm³/mol. The van der Waals surface area contributed by atoms with Crippen LogP contribution in [0.3, 0.4) is 0 Å². The maximum Gasteiger partial charge on any atom is 0.169 e. The van der Waals surface area contributed by atoms with Crippen molar-refractivity contribution >= 4 is 11.8 Å². The molecule has 3 fully saturated rings. The maximum atomic E-state index is 5.91. The summed E-state index contributed by atoms with van der Waals surface area (Å²) in [6.45, 7) is 1.57. The fraction of sp³-hybridized carbons (Fsp3) is 1.00. The molecule has 0 amide bonds. The van der Waals surface area contributed by atoms with Gasteiger partial charge in [0.25, 0.3) is 0 Å². The van der Waals surface area contributed by atoms with Gasteiger partial charge in [-0.15, -0.1) is 0 Å². The molecule has 3 nitrogen and oxygen atoms in total. The lowest BCUT2D eigenvalue weighted by Gasteiger charge is -2.41. The molecule has 0 radical (unpaired) electrons. The molecule has 1 heterocycles. The first-order valence-corrected chi connectivity index (χ1v) is 8.36. The summed E-state index contributed by atoms with van der Waals surface area (Å²) >= 11 is 2.20. The number of ether oxygens (including phenoxy) is 2. The van der Waals surface area contributed by atoms with Gasteiger partial charge in [-0.25, -0.2) is 0 Å². The van der Waals surface area contributed by atoms with Gasteiger partial charge in [0.2, 0.25) is 0 Å². The Bertz CT molecular complexity index is 275. The molecule has 1 N–H and O–H groups in total. The monoisotopic (exact) mass is 271 g/mol. The minimum atomic E-state index is -0.233. The van der Waals surface area contributed by atoms with E-state index in [0.29, 0.717) is 11.3 Å². The van der Waals surface area contributed by atoms with Crippen LogP contribution < -0.4 is 5.32 Å². The van der Waals surface area contributed by atoms with Crippen molar-refractivity contribution in [2.24, 2.45) is 0 Å². The van der Waals surface area contributed by atoms with Crippen LogP contribution in [0.5, 0.6) is 0 Å². The average Bonchev–Trinajstić information content (AvgIpc) is 3.02. The minimum Gasteiger partial charge on any atom is -0.347 e. The molecule has 0 aromatic carbocycles. The molecule has 1 saturated heterocycles. The zero-order valence-corrected chi connectivity index (χ0v) is 12.1. The van der Waals surface area contributed by atoms with Crippen molar-refractivity contribution in [2.45, 2.75) is 67.3 Å². The fourth-order valence-corrected chi connectivity index (χ4v) is 5.53. The Kier molecular flexibility index (Phi) is 4.18. The van der Waals surface area contributed by atoms with Gasteiger partial charge in [-0.2, -0.15) is 11.8 Å². The van der Waals surface area contributed by atoms with Gasteiger partial charge >= 0.3 is 0 Å². The van der Waals surface area contributed by atoms with Crippen LogP contribution in [-0.2, 0) is 9.47 Å². The summed E-state index contributed by atoms with van der Waals surface area (Å²) in [5.41, 5.74) is 0. The van der Waals surface area contributed by atoms with Gasteiger partial charge in [0.15, 0.2) is 5.79 Å². The lowest BCUT2D eigenvalue weighted by atomic mass is 9.89. The van der Waals surface area contributed by atoms with E-state index in [1.165, 1.54) is 32.1 Å². The number of hydrogen-bond acceptors (Lipinski definition) is 4. The van der Waals surface area contributed by atoms with E-state index in [9.17, 15) is 0 Å². The van der Waals surface area contributed by atoms with Gasteiger partial charge < -0.3 is 14.8 Å². The predicted octanol–water partition coefficient (Wildman–Crippen LogP) is 2.55. The van der Waals surface area contributed by atoms with Gasteiger partial charge in [-0.3, -0.25) is 0 Å². The van der Waals surface area contributed by atoms with E-state index >= 15 is 0 Å². The molecule has 2 aliphatic carbocycles. The standard InChI is InChI=1S/C14H25NO2S/c1-15-12-6-7-14(16-8-9-17-14)10-13(12)18-11-4-2-3-5-11/h11-13,15H,2-10H2,1H3. The highest BCUT2D eigenvalue weighted by Crippen LogP contribution is 2.43. The molecule has 0 bridgehead atoms. The summed E-state index contributed by atoms with van der Waals surface area (Å²) in [4.78, 5) is 0. The van der Waals surface area contributed by atoms with Gasteiger partial charge in [0.1, 0.15) is 0 Å². The first kappa shape index (κ1) is 13.2. The van der Waals surface area contributed by atoms with E-state index in [-0.39, 0.29) is 5.79 Å². The average molecular weight is 271 g/mol. The molecule has 18 heavy (non-hydrogen) atoms. The molecule has 2 unspecified atom stereocenters. The van der Waals surface area contributed by atoms with Crippen molar-refractivity contribution in [3.8, 4) is 0 Å². The largest absolute Gasteiger partial charge is 0.347 e. The van der Waals surface area contributed by atoms with Crippen molar-refractivity contribution in [1.29, 1.82) is 0 Å². The Morgan fingerprint density at radius 3 is 2.50 bits per heavy atom. The Morgan fingerprint density at radius 2 is 1.83 bits per heavy atom. The molecule has 0 aromatic heterocycles. The van der Waals surface area contributed by atoms with E-state index < -0.39 is 0 Å². The molecular weight excluding hydrogens is 246 g/mol. The third-order valence-corrected chi connectivity index (χ3v) is 6.35. The Labute approximate surface area is 114 Å². The molecular formula is C14H25NO2S. The first-order chi connectivity index (χ1) is 8.81. The quantitative estimate of drug-likeness (QED) is 0.854. The van der Waals surface area contributed by atoms with E-state index in [1.54, 1.807) is 0 Å². The van der Waals surface area contributed by atoms with Crippen molar-refractivity contribution in [3.05, 3.63) is 0 Å². The smallest absolute Gasteiger partial charge is 0.169 e. The van der Waals surface area contributed by atoms with E-state index in [2.05, 4.69) is 24.1 Å². The molecule has 0 aromatic rings.